The van der Waals surface area contributed by atoms with E-state index in [2.05, 4.69) is 26.8 Å². The van der Waals surface area contributed by atoms with E-state index in [1.54, 1.807) is 12.3 Å². The van der Waals surface area contributed by atoms with Crippen LogP contribution in [0, 0.1) is 0 Å². The fraction of sp³-hybridized carbons (Fsp3) is 0.385. The summed E-state index contributed by atoms with van der Waals surface area (Å²) in [7, 11) is 1.97. The topological polar surface area (TPSA) is 58.5 Å². The number of fused-ring (bicyclic) bond motifs is 3. The van der Waals surface area contributed by atoms with Crippen molar-refractivity contribution < 1.29 is 4.79 Å². The predicted octanol–water partition coefficient (Wildman–Crippen LogP) is 1.42. The number of nitrogens with zero attached hydrogens (tertiary/aromatic N) is 4. The van der Waals surface area contributed by atoms with Crippen molar-refractivity contribution in [1.29, 1.82) is 0 Å². The van der Waals surface area contributed by atoms with Crippen molar-refractivity contribution >= 4 is 11.5 Å². The minimum Gasteiger partial charge on any atom is -0.351 e. The zero-order valence-corrected chi connectivity index (χ0v) is 10.4. The smallest absolute Gasteiger partial charge is 0.191 e. The number of hydrogen-bond acceptors (Lipinski definition) is 5. The summed E-state index contributed by atoms with van der Waals surface area (Å²) in [6.45, 7) is 2.13. The Labute approximate surface area is 105 Å². The third-order valence-electron chi connectivity index (χ3n) is 3.36. The highest BCUT2D eigenvalue weighted by atomic mass is 16.1. The minimum absolute atomic E-state index is 0.0384. The van der Waals surface area contributed by atoms with Crippen LogP contribution in [-0.4, -0.2) is 39.6 Å². The van der Waals surface area contributed by atoms with E-state index in [0.29, 0.717) is 11.3 Å². The van der Waals surface area contributed by atoms with Gasteiger partial charge in [-0.2, -0.15) is 0 Å². The minimum atomic E-state index is -0.0384. The number of ketones is 1. The second-order valence-corrected chi connectivity index (χ2v) is 4.54. The molecule has 0 saturated heterocycles. The van der Waals surface area contributed by atoms with Gasteiger partial charge in [-0.25, -0.2) is 9.97 Å². The molecule has 5 nitrogen and oxygen atoms in total. The molecule has 2 aliphatic rings. The average molecular weight is 242 g/mol. The number of rotatable bonds is 2. The number of allylic oxidation sites excluding steroid dienone is 2. The van der Waals surface area contributed by atoms with E-state index >= 15 is 0 Å². The van der Waals surface area contributed by atoms with Crippen LogP contribution < -0.4 is 0 Å². The fourth-order valence-electron chi connectivity index (χ4n) is 2.40. The number of hydrogen-bond donors (Lipinski definition) is 0. The Morgan fingerprint density at radius 2 is 2.28 bits per heavy atom. The van der Waals surface area contributed by atoms with Crippen molar-refractivity contribution in [3.8, 4) is 0 Å². The highest BCUT2D eigenvalue weighted by Gasteiger charge is 2.34. The van der Waals surface area contributed by atoms with Crippen LogP contribution in [0.5, 0.6) is 0 Å². The van der Waals surface area contributed by atoms with Crippen molar-refractivity contribution in [2.24, 2.45) is 4.99 Å². The highest BCUT2D eigenvalue weighted by molar-refractivity contribution is 6.25. The molecule has 0 aromatic carbocycles. The fourth-order valence-corrected chi connectivity index (χ4v) is 2.40. The first-order valence-corrected chi connectivity index (χ1v) is 6.09. The maximum absolute atomic E-state index is 12.0. The third kappa shape index (κ3) is 1.47. The molecule has 18 heavy (non-hydrogen) atoms. The molecule has 0 N–H and O–H groups in total. The van der Waals surface area contributed by atoms with E-state index in [4.69, 9.17) is 0 Å². The molecule has 0 saturated carbocycles. The van der Waals surface area contributed by atoms with E-state index < -0.39 is 0 Å². The standard InChI is InChI=1S/C13H14N4O/c1-3-4-11-16-13-9(17(11)2)5-10(18)8-6-14-7-15-12(8)13/h5-7,11H,3-4H2,1-2H3. The number of likely N-dealkylation sites (N-methyl/N-ethyl adjacent to an activating group) is 1. The Hall–Kier alpha value is -2.04. The van der Waals surface area contributed by atoms with Crippen LogP contribution in [0.1, 0.15) is 35.8 Å². The summed E-state index contributed by atoms with van der Waals surface area (Å²) in [5.41, 5.74) is 2.92. The lowest BCUT2D eigenvalue weighted by Gasteiger charge is -2.22. The molecule has 0 amide bonds. The Kier molecular flexibility index (Phi) is 2.47. The molecule has 1 aliphatic heterocycles. The van der Waals surface area contributed by atoms with Crippen molar-refractivity contribution in [3.63, 3.8) is 0 Å². The monoisotopic (exact) mass is 242 g/mol. The van der Waals surface area contributed by atoms with Crippen LogP contribution in [0.2, 0.25) is 0 Å². The Balaban J connectivity index is 2.12. The second kappa shape index (κ2) is 4.01. The van der Waals surface area contributed by atoms with Crippen LogP contribution in [0.25, 0.3) is 0 Å². The first-order valence-electron chi connectivity index (χ1n) is 6.09. The summed E-state index contributed by atoms with van der Waals surface area (Å²) in [6.07, 6.45) is 6.82. The van der Waals surface area contributed by atoms with Crippen LogP contribution in [0.15, 0.2) is 29.3 Å². The molecular formula is C13H14N4O. The molecule has 2 heterocycles. The number of aliphatic imine (C=N–C) groups is 1. The molecule has 1 aliphatic carbocycles. The molecule has 0 spiro atoms. The van der Waals surface area contributed by atoms with E-state index in [9.17, 15) is 4.79 Å². The molecule has 3 rings (SSSR count). The quantitative estimate of drug-likeness (QED) is 0.787. The van der Waals surface area contributed by atoms with E-state index in [0.717, 1.165) is 24.3 Å². The van der Waals surface area contributed by atoms with Crippen molar-refractivity contribution in [3.05, 3.63) is 35.6 Å². The molecular weight excluding hydrogens is 228 g/mol. The maximum atomic E-state index is 12.0. The van der Waals surface area contributed by atoms with Gasteiger partial charge in [-0.1, -0.05) is 13.3 Å². The molecule has 0 radical (unpaired) electrons. The number of carbonyl (C=O) groups is 1. The molecule has 5 heteroatoms. The summed E-state index contributed by atoms with van der Waals surface area (Å²) < 4.78 is 0. The van der Waals surface area contributed by atoms with Crippen LogP contribution >= 0.6 is 0 Å². The largest absolute Gasteiger partial charge is 0.351 e. The SMILES string of the molecule is CCCC1N=C2C(=CC(=O)c3cncnc32)N1C. The summed E-state index contributed by atoms with van der Waals surface area (Å²) >= 11 is 0. The third-order valence-corrected chi connectivity index (χ3v) is 3.36. The van der Waals surface area contributed by atoms with Gasteiger partial charge in [0.2, 0.25) is 0 Å². The van der Waals surface area contributed by atoms with Gasteiger partial charge in [0.05, 0.1) is 11.3 Å². The zero-order valence-electron chi connectivity index (χ0n) is 10.4. The summed E-state index contributed by atoms with van der Waals surface area (Å²) in [4.78, 5) is 26.9. The molecule has 1 unspecified atom stereocenters. The average Bonchev–Trinajstić information content (AvgIpc) is 2.69. The Morgan fingerprint density at radius 3 is 3.06 bits per heavy atom. The van der Waals surface area contributed by atoms with Crippen molar-refractivity contribution in [2.75, 3.05) is 7.05 Å². The van der Waals surface area contributed by atoms with Gasteiger partial charge in [-0.3, -0.25) is 9.79 Å². The highest BCUT2D eigenvalue weighted by Crippen LogP contribution is 2.29. The Bertz CT molecular complexity index is 576. The first-order chi connectivity index (χ1) is 8.72. The maximum Gasteiger partial charge on any atom is 0.191 e. The van der Waals surface area contributed by atoms with Gasteiger partial charge in [-0.05, 0) is 6.42 Å². The number of aromatic nitrogens is 2. The van der Waals surface area contributed by atoms with Gasteiger partial charge < -0.3 is 4.90 Å². The van der Waals surface area contributed by atoms with Crippen LogP contribution in [0.3, 0.4) is 0 Å². The lowest BCUT2D eigenvalue weighted by Crippen LogP contribution is -2.28. The first kappa shape index (κ1) is 11.1. The molecule has 1 atom stereocenters. The molecule has 1 aromatic rings. The lowest BCUT2D eigenvalue weighted by molar-refractivity contribution is 0.104. The lowest BCUT2D eigenvalue weighted by atomic mass is 9.98. The van der Waals surface area contributed by atoms with Gasteiger partial charge in [0.15, 0.2) is 5.78 Å². The van der Waals surface area contributed by atoms with E-state index in [1.165, 1.54) is 6.33 Å². The van der Waals surface area contributed by atoms with Crippen molar-refractivity contribution in [2.45, 2.75) is 25.9 Å². The van der Waals surface area contributed by atoms with Gasteiger partial charge in [0, 0.05) is 19.3 Å². The summed E-state index contributed by atoms with van der Waals surface area (Å²) in [5.74, 6) is -0.0384. The molecule has 1 aromatic heterocycles. The van der Waals surface area contributed by atoms with E-state index in [-0.39, 0.29) is 11.9 Å². The van der Waals surface area contributed by atoms with Crippen molar-refractivity contribution in [1.82, 2.24) is 14.9 Å². The normalized spacial score (nSPS) is 21.3. The zero-order chi connectivity index (χ0) is 12.7. The summed E-state index contributed by atoms with van der Waals surface area (Å²) in [6, 6.07) is 0. The molecule has 0 bridgehead atoms. The van der Waals surface area contributed by atoms with Gasteiger partial charge in [0.25, 0.3) is 0 Å². The van der Waals surface area contributed by atoms with Gasteiger partial charge in [0.1, 0.15) is 23.9 Å². The molecule has 0 fully saturated rings. The summed E-state index contributed by atoms with van der Waals surface area (Å²) in [5, 5.41) is 0. The Morgan fingerprint density at radius 1 is 1.44 bits per heavy atom. The van der Waals surface area contributed by atoms with Gasteiger partial charge >= 0.3 is 0 Å². The van der Waals surface area contributed by atoms with Crippen LogP contribution in [-0.2, 0) is 0 Å². The van der Waals surface area contributed by atoms with E-state index in [1.807, 2.05) is 7.05 Å². The number of carbonyl (C=O) groups excluding carboxylic acids is 1. The van der Waals surface area contributed by atoms with Gasteiger partial charge in [-0.15, -0.1) is 0 Å². The second-order valence-electron chi connectivity index (χ2n) is 4.54. The predicted molar refractivity (Wildman–Crippen MR) is 67.4 cm³/mol. The van der Waals surface area contributed by atoms with Crippen LogP contribution in [0.4, 0.5) is 0 Å². The molecule has 92 valence electrons.